The minimum absolute atomic E-state index is 1.13. The second kappa shape index (κ2) is 14.5. The molecular weight excluding hydrogens is 759 g/mol. The Kier molecular flexibility index (Phi) is 8.70. The highest BCUT2D eigenvalue weighted by Crippen LogP contribution is 2.73. The Balaban J connectivity index is 1.03. The van der Waals surface area contributed by atoms with E-state index in [2.05, 4.69) is 229 Å². The van der Waals surface area contributed by atoms with E-state index in [0.29, 0.717) is 0 Å². The van der Waals surface area contributed by atoms with Crippen LogP contribution in [0.2, 0.25) is 0 Å². The average Bonchev–Trinajstić information content (AvgIpc) is 3.88. The van der Waals surface area contributed by atoms with Gasteiger partial charge in [0.1, 0.15) is 0 Å². The fraction of sp³-hybridized carbons (Fsp3) is 0. The maximum Gasteiger partial charge on any atom is 0.0555 e. The van der Waals surface area contributed by atoms with E-state index in [1.165, 1.54) is 76.7 Å². The lowest BCUT2D eigenvalue weighted by Gasteiger charge is -2.42. The topological polar surface area (TPSA) is 3.24 Å². The Labute approximate surface area is 348 Å². The number of rotatable bonds is 8. The third-order valence-electron chi connectivity index (χ3n) is 11.2. The van der Waals surface area contributed by atoms with Crippen molar-refractivity contribution in [3.63, 3.8) is 0 Å². The van der Waals surface area contributed by atoms with E-state index >= 15 is 0 Å². The average molecular weight is 796 g/mol. The zero-order valence-electron chi connectivity index (χ0n) is 31.5. The van der Waals surface area contributed by atoms with Gasteiger partial charge in [-0.3, -0.25) is 0 Å². The van der Waals surface area contributed by atoms with Crippen LogP contribution in [0.1, 0.15) is 0 Å². The minimum atomic E-state index is -1.75. The first-order valence-corrected chi connectivity index (χ1v) is 22.8. The molecule has 2 heterocycles. The first kappa shape index (κ1) is 34.8. The molecule has 0 atom stereocenters. The summed E-state index contributed by atoms with van der Waals surface area (Å²) in [7, 11) is -1.75. The van der Waals surface area contributed by atoms with E-state index in [1.807, 2.05) is 22.7 Å². The zero-order valence-corrected chi connectivity index (χ0v) is 34.0. The molecule has 58 heavy (non-hydrogen) atoms. The summed E-state index contributed by atoms with van der Waals surface area (Å²) in [6.07, 6.45) is 0. The SMILES string of the molecule is c1ccc(N(c2ccc(-c3ccc(S(c4ccccc4)(c4ccccc4)c4ccccc4)cc3)cc2)c2cccc3sc4ccc5c6ccccc6sc5c4c23)cc1. The fourth-order valence-corrected chi connectivity index (χ4v) is 14.9. The normalized spacial score (nSPS) is 12.1. The molecule has 0 N–H and O–H groups in total. The lowest BCUT2D eigenvalue weighted by Crippen LogP contribution is -2.10. The first-order chi connectivity index (χ1) is 28.8. The van der Waals surface area contributed by atoms with Crippen molar-refractivity contribution in [2.45, 2.75) is 19.6 Å². The van der Waals surface area contributed by atoms with E-state index < -0.39 is 10.0 Å². The summed E-state index contributed by atoms with van der Waals surface area (Å²) in [6.45, 7) is 0. The van der Waals surface area contributed by atoms with Crippen LogP contribution in [0, 0.1) is 0 Å². The number of nitrogens with zero attached hydrogens (tertiary/aromatic N) is 1. The molecule has 0 bridgehead atoms. The van der Waals surface area contributed by atoms with Crippen molar-refractivity contribution in [2.75, 3.05) is 4.90 Å². The molecule has 0 radical (unpaired) electrons. The fourth-order valence-electron chi connectivity index (χ4n) is 8.60. The smallest absolute Gasteiger partial charge is 0.0555 e. The standard InChI is InChI=1S/C54H37NS3/c1-5-16-40(17-6-1)55(48-25-15-27-50-52(48)53-51(56-50)37-36-47-46-24-13-14-26-49(46)57-54(47)53)41-32-28-38(29-33-41)39-30-34-45(35-31-39)58(42-18-7-2-8-19-42,43-20-9-3-10-21-43)44-22-11-4-12-23-44/h1-37H. The summed E-state index contributed by atoms with van der Waals surface area (Å²) in [5.74, 6) is 0. The van der Waals surface area contributed by atoms with Crippen molar-refractivity contribution in [1.82, 2.24) is 0 Å². The summed E-state index contributed by atoms with van der Waals surface area (Å²) in [4.78, 5) is 7.73. The van der Waals surface area contributed by atoms with E-state index in [4.69, 9.17) is 0 Å². The number of hydrogen-bond acceptors (Lipinski definition) is 3. The van der Waals surface area contributed by atoms with Crippen LogP contribution in [0.3, 0.4) is 0 Å². The molecule has 9 aromatic carbocycles. The highest BCUT2D eigenvalue weighted by atomic mass is 32.3. The highest BCUT2D eigenvalue weighted by molar-refractivity contribution is 8.34. The van der Waals surface area contributed by atoms with Crippen molar-refractivity contribution >= 4 is 90.1 Å². The molecule has 11 aromatic rings. The predicted octanol–water partition coefficient (Wildman–Crippen LogP) is 16.9. The molecule has 0 saturated carbocycles. The molecule has 0 amide bonds. The molecule has 4 heteroatoms. The molecule has 0 aliphatic rings. The first-order valence-electron chi connectivity index (χ1n) is 19.6. The molecule has 2 aromatic heterocycles. The quantitative estimate of drug-likeness (QED) is 0.148. The molecular formula is C54H37NS3. The Morgan fingerprint density at radius 1 is 0.310 bits per heavy atom. The van der Waals surface area contributed by atoms with Gasteiger partial charge in [-0.25, -0.2) is 0 Å². The number of fused-ring (bicyclic) bond motifs is 7. The third kappa shape index (κ3) is 5.67. The number of thiophene rings is 2. The van der Waals surface area contributed by atoms with Crippen LogP contribution in [0.4, 0.5) is 17.1 Å². The molecule has 276 valence electrons. The van der Waals surface area contributed by atoms with Crippen LogP contribution >= 0.6 is 32.7 Å². The Bertz CT molecular complexity index is 3090. The largest absolute Gasteiger partial charge is 0.310 e. The van der Waals surface area contributed by atoms with Gasteiger partial charge in [-0.1, -0.05) is 127 Å². The van der Waals surface area contributed by atoms with Crippen LogP contribution in [-0.4, -0.2) is 0 Å². The number of para-hydroxylation sites is 1. The van der Waals surface area contributed by atoms with Gasteiger partial charge in [0.2, 0.25) is 0 Å². The summed E-state index contributed by atoms with van der Waals surface area (Å²) in [6, 6.07) is 82.6. The maximum absolute atomic E-state index is 2.44. The summed E-state index contributed by atoms with van der Waals surface area (Å²) in [5.41, 5.74) is 5.84. The number of anilines is 3. The van der Waals surface area contributed by atoms with Gasteiger partial charge < -0.3 is 4.90 Å². The molecule has 0 saturated heterocycles. The molecule has 1 nitrogen and oxygen atoms in total. The molecule has 0 unspecified atom stereocenters. The molecule has 0 aliphatic carbocycles. The Hall–Kier alpha value is -6.43. The maximum atomic E-state index is 2.44. The van der Waals surface area contributed by atoms with E-state index in [-0.39, 0.29) is 0 Å². The van der Waals surface area contributed by atoms with Gasteiger partial charge in [0.15, 0.2) is 0 Å². The van der Waals surface area contributed by atoms with Gasteiger partial charge in [0, 0.05) is 71.3 Å². The Morgan fingerprint density at radius 2 is 0.793 bits per heavy atom. The van der Waals surface area contributed by atoms with Gasteiger partial charge in [0.05, 0.1) is 5.69 Å². The van der Waals surface area contributed by atoms with Crippen LogP contribution in [-0.2, 0) is 0 Å². The van der Waals surface area contributed by atoms with Gasteiger partial charge in [-0.15, -0.1) is 32.7 Å². The van der Waals surface area contributed by atoms with Gasteiger partial charge >= 0.3 is 0 Å². The predicted molar refractivity (Wildman–Crippen MR) is 252 cm³/mol. The second-order valence-electron chi connectivity index (χ2n) is 14.5. The van der Waals surface area contributed by atoms with Crippen LogP contribution in [0.25, 0.3) is 51.5 Å². The van der Waals surface area contributed by atoms with E-state index in [0.717, 1.165) is 11.4 Å². The van der Waals surface area contributed by atoms with E-state index in [9.17, 15) is 0 Å². The van der Waals surface area contributed by atoms with Crippen molar-refractivity contribution in [2.24, 2.45) is 0 Å². The molecule has 0 fully saturated rings. The van der Waals surface area contributed by atoms with Crippen molar-refractivity contribution in [1.29, 1.82) is 0 Å². The highest BCUT2D eigenvalue weighted by Gasteiger charge is 2.33. The van der Waals surface area contributed by atoms with Gasteiger partial charge in [0.25, 0.3) is 0 Å². The number of hydrogen-bond donors (Lipinski definition) is 0. The minimum Gasteiger partial charge on any atom is -0.310 e. The Morgan fingerprint density at radius 3 is 1.41 bits per heavy atom. The number of benzene rings is 9. The van der Waals surface area contributed by atoms with E-state index in [1.54, 1.807) is 0 Å². The van der Waals surface area contributed by atoms with Crippen LogP contribution in [0.5, 0.6) is 0 Å². The molecule has 0 spiro atoms. The van der Waals surface area contributed by atoms with Crippen LogP contribution < -0.4 is 4.90 Å². The second-order valence-corrected chi connectivity index (χ2v) is 19.7. The van der Waals surface area contributed by atoms with Crippen molar-refractivity contribution < 1.29 is 0 Å². The van der Waals surface area contributed by atoms with Crippen molar-refractivity contribution in [3.8, 4) is 11.1 Å². The van der Waals surface area contributed by atoms with Crippen LogP contribution in [0.15, 0.2) is 244 Å². The van der Waals surface area contributed by atoms with Gasteiger partial charge in [-0.05, 0) is 108 Å². The molecule has 11 rings (SSSR count). The van der Waals surface area contributed by atoms with Crippen molar-refractivity contribution in [3.05, 3.63) is 224 Å². The zero-order chi connectivity index (χ0) is 38.5. The monoisotopic (exact) mass is 795 g/mol. The summed E-state index contributed by atoms with van der Waals surface area (Å²) >= 11 is 3.80. The van der Waals surface area contributed by atoms with Gasteiger partial charge in [-0.2, -0.15) is 0 Å². The summed E-state index contributed by atoms with van der Waals surface area (Å²) in [5, 5.41) is 5.33. The lowest BCUT2D eigenvalue weighted by molar-refractivity contribution is 1.24. The third-order valence-corrected chi connectivity index (χ3v) is 17.4. The molecule has 0 aliphatic heterocycles. The lowest BCUT2D eigenvalue weighted by atomic mass is 10.0. The summed E-state index contributed by atoms with van der Waals surface area (Å²) < 4.78 is 5.32.